The number of nitrogens with one attached hydrogen (secondary N) is 1. The van der Waals surface area contributed by atoms with E-state index >= 15 is 0 Å². The Morgan fingerprint density at radius 2 is 1.87 bits per heavy atom. The van der Waals surface area contributed by atoms with Gasteiger partial charge in [0.2, 0.25) is 0 Å². The summed E-state index contributed by atoms with van der Waals surface area (Å²) in [6.07, 6.45) is 5.10. The van der Waals surface area contributed by atoms with Gasteiger partial charge in [-0.25, -0.2) is 0 Å². The second-order valence-corrected chi connectivity index (χ2v) is 9.42. The average molecular weight is 546 g/mol. The van der Waals surface area contributed by atoms with Crippen molar-refractivity contribution in [1.29, 1.82) is 0 Å². The fraction of sp³-hybridized carbons (Fsp3) is 0.105. The molecule has 1 amide bonds. The quantitative estimate of drug-likeness (QED) is 0.313. The third-order valence-corrected chi connectivity index (χ3v) is 6.59. The SMILES string of the molecule is O=C(Nc1nn(Cc2ccc(Cl)c(Cl)c2)cc1Br)c1cc(Cn2cc(Cl)cn2)cs1. The molecular formula is C19H13BrCl3N5OS. The Bertz CT molecular complexity index is 1220. The highest BCUT2D eigenvalue weighted by atomic mass is 79.9. The van der Waals surface area contributed by atoms with Gasteiger partial charge in [-0.2, -0.15) is 10.2 Å². The van der Waals surface area contributed by atoms with Gasteiger partial charge in [-0.3, -0.25) is 14.2 Å². The minimum Gasteiger partial charge on any atom is -0.303 e. The molecule has 6 nitrogen and oxygen atoms in total. The minimum absolute atomic E-state index is 0.231. The predicted molar refractivity (Wildman–Crippen MR) is 124 cm³/mol. The second-order valence-electron chi connectivity index (χ2n) is 6.40. The smallest absolute Gasteiger partial charge is 0.266 e. The number of carbonyl (C=O) groups excluding carboxylic acids is 1. The van der Waals surface area contributed by atoms with Crippen molar-refractivity contribution in [3.8, 4) is 0 Å². The van der Waals surface area contributed by atoms with Gasteiger partial charge >= 0.3 is 0 Å². The molecule has 0 radical (unpaired) electrons. The molecular weight excluding hydrogens is 533 g/mol. The molecule has 0 spiro atoms. The van der Waals surface area contributed by atoms with Crippen LogP contribution in [0, 0.1) is 0 Å². The van der Waals surface area contributed by atoms with Gasteiger partial charge in [0, 0.05) is 12.4 Å². The van der Waals surface area contributed by atoms with E-state index in [1.54, 1.807) is 40.1 Å². The van der Waals surface area contributed by atoms with Crippen molar-refractivity contribution < 1.29 is 4.79 Å². The van der Waals surface area contributed by atoms with Crippen LogP contribution in [0.3, 0.4) is 0 Å². The van der Waals surface area contributed by atoms with E-state index in [-0.39, 0.29) is 5.91 Å². The Labute approximate surface area is 199 Å². The van der Waals surface area contributed by atoms with E-state index in [1.165, 1.54) is 11.3 Å². The molecule has 3 heterocycles. The Hall–Kier alpha value is -1.84. The highest BCUT2D eigenvalue weighted by molar-refractivity contribution is 9.10. The number of aromatic nitrogens is 4. The lowest BCUT2D eigenvalue weighted by Gasteiger charge is -2.04. The molecule has 154 valence electrons. The van der Waals surface area contributed by atoms with Crippen molar-refractivity contribution in [1.82, 2.24) is 19.6 Å². The van der Waals surface area contributed by atoms with E-state index in [4.69, 9.17) is 34.8 Å². The van der Waals surface area contributed by atoms with Crippen LogP contribution in [-0.4, -0.2) is 25.5 Å². The maximum Gasteiger partial charge on any atom is 0.266 e. The molecule has 4 aromatic rings. The highest BCUT2D eigenvalue weighted by Crippen LogP contribution is 2.25. The van der Waals surface area contributed by atoms with Crippen molar-refractivity contribution in [3.63, 3.8) is 0 Å². The summed E-state index contributed by atoms with van der Waals surface area (Å²) in [6.45, 7) is 1.03. The molecule has 0 saturated carbocycles. The van der Waals surface area contributed by atoms with E-state index in [0.29, 0.717) is 43.3 Å². The van der Waals surface area contributed by atoms with Gasteiger partial charge in [-0.1, -0.05) is 40.9 Å². The molecule has 0 bridgehead atoms. The van der Waals surface area contributed by atoms with Crippen LogP contribution in [0.15, 0.2) is 52.7 Å². The largest absolute Gasteiger partial charge is 0.303 e. The van der Waals surface area contributed by atoms with Crippen LogP contribution in [0.1, 0.15) is 20.8 Å². The number of nitrogens with zero attached hydrogens (tertiary/aromatic N) is 4. The molecule has 1 N–H and O–H groups in total. The average Bonchev–Trinajstić information content (AvgIpc) is 3.40. The van der Waals surface area contributed by atoms with Crippen LogP contribution in [-0.2, 0) is 13.1 Å². The lowest BCUT2D eigenvalue weighted by molar-refractivity contribution is 0.103. The first-order valence-corrected chi connectivity index (χ1v) is 11.4. The molecule has 30 heavy (non-hydrogen) atoms. The molecule has 11 heteroatoms. The summed E-state index contributed by atoms with van der Waals surface area (Å²) in [4.78, 5) is 13.2. The van der Waals surface area contributed by atoms with Crippen LogP contribution in [0.25, 0.3) is 0 Å². The van der Waals surface area contributed by atoms with Gasteiger partial charge in [0.25, 0.3) is 5.91 Å². The van der Waals surface area contributed by atoms with E-state index in [9.17, 15) is 4.79 Å². The van der Waals surface area contributed by atoms with Gasteiger partial charge < -0.3 is 5.32 Å². The number of hydrogen-bond donors (Lipinski definition) is 1. The zero-order valence-corrected chi connectivity index (χ0v) is 19.8. The maximum atomic E-state index is 12.6. The fourth-order valence-electron chi connectivity index (χ4n) is 2.75. The minimum atomic E-state index is -0.231. The molecule has 0 atom stereocenters. The molecule has 4 rings (SSSR count). The topological polar surface area (TPSA) is 64.7 Å². The number of hydrogen-bond acceptors (Lipinski definition) is 4. The molecule has 0 unspecified atom stereocenters. The van der Waals surface area contributed by atoms with Gasteiger partial charge in [0.1, 0.15) is 0 Å². The summed E-state index contributed by atoms with van der Waals surface area (Å²) < 4.78 is 4.10. The summed E-state index contributed by atoms with van der Waals surface area (Å²) in [7, 11) is 0. The van der Waals surface area contributed by atoms with Crippen LogP contribution in [0.2, 0.25) is 15.1 Å². The second kappa shape index (κ2) is 9.11. The van der Waals surface area contributed by atoms with Gasteiger partial charge in [-0.05, 0) is 50.6 Å². The lowest BCUT2D eigenvalue weighted by Crippen LogP contribution is -2.12. The van der Waals surface area contributed by atoms with Gasteiger partial charge in [0.15, 0.2) is 5.82 Å². The molecule has 1 aromatic carbocycles. The van der Waals surface area contributed by atoms with E-state index in [2.05, 4.69) is 31.4 Å². The van der Waals surface area contributed by atoms with E-state index in [1.807, 2.05) is 17.5 Å². The van der Waals surface area contributed by atoms with Crippen molar-refractivity contribution in [3.05, 3.63) is 83.8 Å². The number of benzene rings is 1. The number of anilines is 1. The number of halogens is 4. The van der Waals surface area contributed by atoms with Crippen LogP contribution in [0.5, 0.6) is 0 Å². The van der Waals surface area contributed by atoms with Crippen LogP contribution in [0.4, 0.5) is 5.82 Å². The first kappa shape index (κ1) is 21.4. The Balaban J connectivity index is 1.42. The van der Waals surface area contributed by atoms with Gasteiger partial charge in [0.05, 0.1) is 43.7 Å². The third-order valence-electron chi connectivity index (χ3n) is 4.10. The monoisotopic (exact) mass is 543 g/mol. The molecule has 0 fully saturated rings. The molecule has 3 aromatic heterocycles. The molecule has 0 aliphatic rings. The number of thiophene rings is 1. The van der Waals surface area contributed by atoms with Crippen molar-refractivity contribution in [2.45, 2.75) is 13.1 Å². The number of carbonyl (C=O) groups is 1. The van der Waals surface area contributed by atoms with Crippen molar-refractivity contribution >= 4 is 73.8 Å². The molecule has 0 saturated heterocycles. The first-order valence-electron chi connectivity index (χ1n) is 8.61. The third kappa shape index (κ3) is 5.07. The zero-order chi connectivity index (χ0) is 21.3. The predicted octanol–water partition coefficient (Wildman–Crippen LogP) is 6.21. The number of amides is 1. The summed E-state index contributed by atoms with van der Waals surface area (Å²) in [6, 6.07) is 7.24. The molecule has 0 aliphatic heterocycles. The Kier molecular flexibility index (Phi) is 6.50. The van der Waals surface area contributed by atoms with Crippen molar-refractivity contribution in [2.24, 2.45) is 0 Å². The van der Waals surface area contributed by atoms with E-state index in [0.717, 1.165) is 11.1 Å². The lowest BCUT2D eigenvalue weighted by atomic mass is 10.2. The fourth-order valence-corrected chi connectivity index (χ4v) is 4.44. The Morgan fingerprint density at radius 3 is 2.60 bits per heavy atom. The van der Waals surface area contributed by atoms with Crippen LogP contribution >= 0.6 is 62.1 Å². The summed E-state index contributed by atoms with van der Waals surface area (Å²) in [5.74, 6) is 0.208. The standard InChI is InChI=1S/C19H13BrCl3N5OS/c20-14-9-28(6-11-1-2-15(22)16(23)3-11)26-18(14)25-19(29)17-4-12(10-30-17)7-27-8-13(21)5-24-27/h1-5,8-10H,6-7H2,(H,25,26,29). The van der Waals surface area contributed by atoms with Crippen LogP contribution < -0.4 is 5.32 Å². The summed E-state index contributed by atoms with van der Waals surface area (Å²) in [5.41, 5.74) is 1.91. The van der Waals surface area contributed by atoms with Gasteiger partial charge in [-0.15, -0.1) is 11.3 Å². The van der Waals surface area contributed by atoms with E-state index < -0.39 is 0 Å². The highest BCUT2D eigenvalue weighted by Gasteiger charge is 2.15. The summed E-state index contributed by atoms with van der Waals surface area (Å²) in [5, 5.41) is 14.9. The normalized spacial score (nSPS) is 11.1. The first-order chi connectivity index (χ1) is 14.4. The zero-order valence-electron chi connectivity index (χ0n) is 15.2. The maximum absolute atomic E-state index is 12.6. The van der Waals surface area contributed by atoms with Crippen molar-refractivity contribution in [2.75, 3.05) is 5.32 Å². The number of rotatable bonds is 6. The Morgan fingerprint density at radius 1 is 1.07 bits per heavy atom. The molecule has 0 aliphatic carbocycles. The summed E-state index contributed by atoms with van der Waals surface area (Å²) >= 11 is 22.7.